The fraction of sp³-hybridized carbons (Fsp3) is 0.412. The minimum atomic E-state index is -0.708. The zero-order valence-electron chi connectivity index (χ0n) is 13.4. The van der Waals surface area contributed by atoms with E-state index in [-0.39, 0.29) is 0 Å². The van der Waals surface area contributed by atoms with Gasteiger partial charge >= 0.3 is 12.0 Å². The smallest absolute Gasteiger partial charge is 0.319 e. The predicted molar refractivity (Wildman–Crippen MR) is 85.9 cm³/mol. The van der Waals surface area contributed by atoms with Gasteiger partial charge in [-0.05, 0) is 19.4 Å². The summed E-state index contributed by atoms with van der Waals surface area (Å²) in [6.45, 7) is 8.43. The second-order valence-electron chi connectivity index (χ2n) is 5.22. The van der Waals surface area contributed by atoms with E-state index in [4.69, 9.17) is 9.47 Å². The predicted octanol–water partition coefficient (Wildman–Crippen LogP) is 2.52. The lowest BCUT2D eigenvalue weighted by molar-refractivity contribution is -0.148. The van der Waals surface area contributed by atoms with Crippen LogP contribution in [-0.2, 0) is 9.53 Å². The normalized spacial score (nSPS) is 20.4. The van der Waals surface area contributed by atoms with Crippen LogP contribution >= 0.6 is 0 Å². The minimum Gasteiger partial charge on any atom is -0.494 e. The van der Waals surface area contributed by atoms with Crippen LogP contribution in [0.15, 0.2) is 36.5 Å². The van der Waals surface area contributed by atoms with E-state index in [0.717, 1.165) is 12.0 Å². The maximum Gasteiger partial charge on any atom is 0.319 e. The topological polar surface area (TPSA) is 76.7 Å². The average Bonchev–Trinajstić information content (AvgIpc) is 2.52. The highest BCUT2D eigenvalue weighted by Gasteiger charge is 2.40. The summed E-state index contributed by atoms with van der Waals surface area (Å²) in [6, 6.07) is 6.34. The van der Waals surface area contributed by atoms with Crippen LogP contribution in [-0.4, -0.2) is 25.2 Å². The standard InChI is InChI=1S/C17H22N2O4/c1-4-10-23-16(20)14-11(3)18-17(21)19-15(14)12-8-6-7-9-13(12)22-5-2/h6-9,14-15H,3-5,10H2,1-2H3,(H2,18,19,21)/t14-,15+/m0/s1. The summed E-state index contributed by atoms with van der Waals surface area (Å²) >= 11 is 0. The molecule has 2 atom stereocenters. The molecule has 0 aliphatic carbocycles. The number of nitrogens with one attached hydrogen (secondary N) is 2. The SMILES string of the molecule is C=C1NC(=O)N[C@H](c2ccccc2OCC)[C@H]1C(=O)OCCC. The third kappa shape index (κ3) is 3.83. The number of hydrogen-bond donors (Lipinski definition) is 2. The van der Waals surface area contributed by atoms with Gasteiger partial charge in [0.2, 0.25) is 0 Å². The molecule has 1 aliphatic heterocycles. The Morgan fingerprint density at radius 3 is 2.74 bits per heavy atom. The van der Waals surface area contributed by atoms with Gasteiger partial charge in [-0.3, -0.25) is 4.79 Å². The summed E-state index contributed by atoms with van der Waals surface area (Å²) in [5.74, 6) is -0.496. The Kier molecular flexibility index (Phi) is 5.62. The number of urea groups is 1. The number of amides is 2. The zero-order valence-corrected chi connectivity index (χ0v) is 13.4. The number of rotatable bonds is 6. The Bertz CT molecular complexity index is 600. The van der Waals surface area contributed by atoms with Crippen LogP contribution < -0.4 is 15.4 Å². The minimum absolute atomic E-state index is 0.325. The molecule has 0 spiro atoms. The van der Waals surface area contributed by atoms with Crippen LogP contribution in [0.3, 0.4) is 0 Å². The van der Waals surface area contributed by atoms with Gasteiger partial charge in [-0.15, -0.1) is 0 Å². The average molecular weight is 318 g/mol. The second kappa shape index (κ2) is 7.67. The van der Waals surface area contributed by atoms with E-state index in [1.165, 1.54) is 0 Å². The molecule has 0 saturated carbocycles. The van der Waals surface area contributed by atoms with Crippen molar-refractivity contribution in [3.05, 3.63) is 42.1 Å². The van der Waals surface area contributed by atoms with Gasteiger partial charge in [-0.2, -0.15) is 0 Å². The summed E-state index contributed by atoms with van der Waals surface area (Å²) in [5, 5.41) is 5.33. The van der Waals surface area contributed by atoms with E-state index in [1.54, 1.807) is 0 Å². The molecular weight excluding hydrogens is 296 g/mol. The summed E-state index contributed by atoms with van der Waals surface area (Å²) in [7, 11) is 0. The van der Waals surface area contributed by atoms with Gasteiger partial charge < -0.3 is 20.1 Å². The van der Waals surface area contributed by atoms with Crippen LogP contribution in [0, 0.1) is 5.92 Å². The monoisotopic (exact) mass is 318 g/mol. The third-order valence-corrected chi connectivity index (χ3v) is 3.53. The van der Waals surface area contributed by atoms with Gasteiger partial charge in [-0.25, -0.2) is 4.79 Å². The van der Waals surface area contributed by atoms with Crippen LogP contribution in [0.25, 0.3) is 0 Å². The molecule has 23 heavy (non-hydrogen) atoms. The highest BCUT2D eigenvalue weighted by molar-refractivity contribution is 5.85. The van der Waals surface area contributed by atoms with E-state index >= 15 is 0 Å². The second-order valence-corrected chi connectivity index (χ2v) is 5.22. The number of ether oxygens (including phenoxy) is 2. The van der Waals surface area contributed by atoms with Gasteiger partial charge in [0.25, 0.3) is 0 Å². The molecule has 1 fully saturated rings. The number of benzene rings is 1. The Morgan fingerprint density at radius 1 is 1.30 bits per heavy atom. The molecule has 2 amide bonds. The summed E-state index contributed by atoms with van der Waals surface area (Å²) < 4.78 is 10.9. The molecule has 6 nitrogen and oxygen atoms in total. The molecule has 1 aromatic rings. The van der Waals surface area contributed by atoms with Gasteiger partial charge in [0.05, 0.1) is 19.3 Å². The van der Waals surface area contributed by atoms with Crippen molar-refractivity contribution in [1.29, 1.82) is 0 Å². The van der Waals surface area contributed by atoms with Crippen molar-refractivity contribution in [2.45, 2.75) is 26.3 Å². The Labute approximate surface area is 135 Å². The third-order valence-electron chi connectivity index (χ3n) is 3.53. The number of carbonyl (C=O) groups excluding carboxylic acids is 2. The molecule has 1 aliphatic rings. The largest absolute Gasteiger partial charge is 0.494 e. The van der Waals surface area contributed by atoms with Crippen molar-refractivity contribution in [2.24, 2.45) is 5.92 Å². The van der Waals surface area contributed by atoms with E-state index in [9.17, 15) is 9.59 Å². The van der Waals surface area contributed by atoms with Gasteiger partial charge in [-0.1, -0.05) is 31.7 Å². The van der Waals surface area contributed by atoms with Crippen molar-refractivity contribution >= 4 is 12.0 Å². The molecule has 1 aromatic carbocycles. The van der Waals surface area contributed by atoms with Crippen LogP contribution in [0.2, 0.25) is 0 Å². The van der Waals surface area contributed by atoms with Crippen molar-refractivity contribution < 1.29 is 19.1 Å². The number of para-hydroxylation sites is 1. The molecule has 6 heteroatoms. The highest BCUT2D eigenvalue weighted by Crippen LogP contribution is 2.35. The van der Waals surface area contributed by atoms with Crippen molar-refractivity contribution in [3.8, 4) is 5.75 Å². The maximum absolute atomic E-state index is 12.4. The molecule has 1 heterocycles. The molecule has 2 N–H and O–H groups in total. The van der Waals surface area contributed by atoms with Crippen molar-refractivity contribution in [3.63, 3.8) is 0 Å². The quantitative estimate of drug-likeness (QED) is 0.790. The fourth-order valence-electron chi connectivity index (χ4n) is 2.54. The van der Waals surface area contributed by atoms with Gasteiger partial charge in [0.15, 0.2) is 0 Å². The van der Waals surface area contributed by atoms with Gasteiger partial charge in [0.1, 0.15) is 11.7 Å². The summed E-state index contributed by atoms with van der Waals surface area (Å²) in [4.78, 5) is 24.2. The fourth-order valence-corrected chi connectivity index (χ4v) is 2.54. The number of carbonyl (C=O) groups is 2. The van der Waals surface area contributed by atoms with Gasteiger partial charge in [0, 0.05) is 11.3 Å². The van der Waals surface area contributed by atoms with Crippen molar-refractivity contribution in [2.75, 3.05) is 13.2 Å². The molecule has 0 radical (unpaired) electrons. The lowest BCUT2D eigenvalue weighted by Gasteiger charge is -2.33. The van der Waals surface area contributed by atoms with E-state index < -0.39 is 24.0 Å². The lowest BCUT2D eigenvalue weighted by atomic mass is 9.88. The summed E-state index contributed by atoms with van der Waals surface area (Å²) in [5.41, 5.74) is 1.05. The molecule has 2 rings (SSSR count). The Balaban J connectivity index is 2.36. The molecule has 0 aromatic heterocycles. The molecule has 0 unspecified atom stereocenters. The Hall–Kier alpha value is -2.50. The maximum atomic E-state index is 12.4. The number of esters is 1. The first-order valence-electron chi connectivity index (χ1n) is 7.73. The molecule has 124 valence electrons. The first-order valence-corrected chi connectivity index (χ1v) is 7.73. The molecular formula is C17H22N2O4. The first kappa shape index (κ1) is 16.9. The zero-order chi connectivity index (χ0) is 16.8. The van der Waals surface area contributed by atoms with E-state index in [2.05, 4.69) is 17.2 Å². The van der Waals surface area contributed by atoms with Crippen LogP contribution in [0.5, 0.6) is 5.75 Å². The lowest BCUT2D eigenvalue weighted by Crippen LogP contribution is -2.51. The van der Waals surface area contributed by atoms with E-state index in [1.807, 2.05) is 38.1 Å². The summed E-state index contributed by atoms with van der Waals surface area (Å²) in [6.07, 6.45) is 0.727. The first-order chi connectivity index (χ1) is 11.1. The Morgan fingerprint density at radius 2 is 2.04 bits per heavy atom. The number of hydrogen-bond acceptors (Lipinski definition) is 4. The molecule has 1 saturated heterocycles. The van der Waals surface area contributed by atoms with Crippen LogP contribution in [0.1, 0.15) is 31.9 Å². The highest BCUT2D eigenvalue weighted by atomic mass is 16.5. The molecule has 0 bridgehead atoms. The van der Waals surface area contributed by atoms with Crippen molar-refractivity contribution in [1.82, 2.24) is 10.6 Å². The van der Waals surface area contributed by atoms with Crippen LogP contribution in [0.4, 0.5) is 4.79 Å². The van der Waals surface area contributed by atoms with E-state index in [0.29, 0.717) is 24.7 Å².